The molecule has 1 aliphatic carbocycles. The van der Waals surface area contributed by atoms with E-state index in [0.717, 1.165) is 11.1 Å². The van der Waals surface area contributed by atoms with Crippen molar-refractivity contribution < 1.29 is 8.81 Å². The highest BCUT2D eigenvalue weighted by molar-refractivity contribution is 5.78. The van der Waals surface area contributed by atoms with Crippen LogP contribution in [0.15, 0.2) is 28.7 Å². The van der Waals surface area contributed by atoms with Gasteiger partial charge in [0.05, 0.1) is 6.04 Å². The first-order valence-electron chi connectivity index (χ1n) is 5.43. The van der Waals surface area contributed by atoms with Gasteiger partial charge in [0.15, 0.2) is 0 Å². The lowest BCUT2D eigenvalue weighted by Crippen LogP contribution is -2.29. The van der Waals surface area contributed by atoms with Crippen LogP contribution in [-0.4, -0.2) is 0 Å². The minimum absolute atomic E-state index is 0.0514. The molecular formula is C12H13FN2O. The van der Waals surface area contributed by atoms with Crippen LogP contribution in [0, 0.1) is 11.7 Å². The van der Waals surface area contributed by atoms with E-state index in [1.54, 1.807) is 6.07 Å². The van der Waals surface area contributed by atoms with Gasteiger partial charge in [-0.1, -0.05) is 0 Å². The van der Waals surface area contributed by atoms with Crippen LogP contribution in [-0.2, 0) is 0 Å². The lowest BCUT2D eigenvalue weighted by molar-refractivity contribution is 0.403. The number of rotatable bonds is 3. The zero-order chi connectivity index (χ0) is 11.1. The second-order valence-corrected chi connectivity index (χ2v) is 4.31. The minimum Gasteiger partial charge on any atom is -0.459 e. The number of nitrogens with one attached hydrogen (secondary N) is 1. The number of nitrogens with two attached hydrogens (primary N) is 1. The van der Waals surface area contributed by atoms with Crippen LogP contribution < -0.4 is 11.3 Å². The van der Waals surface area contributed by atoms with Gasteiger partial charge >= 0.3 is 0 Å². The first-order chi connectivity index (χ1) is 7.78. The molecule has 0 bridgehead atoms. The number of furan rings is 1. The molecule has 1 aromatic carbocycles. The van der Waals surface area contributed by atoms with E-state index in [9.17, 15) is 4.39 Å². The minimum atomic E-state index is -0.247. The summed E-state index contributed by atoms with van der Waals surface area (Å²) in [5, 5.41) is 0.788. The molecule has 2 aromatic rings. The quantitative estimate of drug-likeness (QED) is 0.617. The molecular weight excluding hydrogens is 207 g/mol. The van der Waals surface area contributed by atoms with Gasteiger partial charge in [-0.05, 0) is 43.0 Å². The highest BCUT2D eigenvalue weighted by Crippen LogP contribution is 2.41. The van der Waals surface area contributed by atoms with Crippen LogP contribution >= 0.6 is 0 Å². The van der Waals surface area contributed by atoms with E-state index in [1.807, 2.05) is 6.07 Å². The normalized spacial score (nSPS) is 17.9. The zero-order valence-electron chi connectivity index (χ0n) is 8.74. The van der Waals surface area contributed by atoms with Gasteiger partial charge in [-0.3, -0.25) is 5.84 Å². The van der Waals surface area contributed by atoms with Gasteiger partial charge in [-0.15, -0.1) is 0 Å². The Morgan fingerprint density at radius 3 is 2.88 bits per heavy atom. The van der Waals surface area contributed by atoms with Crippen LogP contribution in [0.5, 0.6) is 0 Å². The molecule has 0 aliphatic heterocycles. The smallest absolute Gasteiger partial charge is 0.134 e. The van der Waals surface area contributed by atoms with E-state index >= 15 is 0 Å². The highest BCUT2D eigenvalue weighted by atomic mass is 19.1. The Bertz CT molecular complexity index is 519. The fraction of sp³-hybridized carbons (Fsp3) is 0.333. The van der Waals surface area contributed by atoms with Crippen LogP contribution in [0.25, 0.3) is 11.0 Å². The van der Waals surface area contributed by atoms with Crippen molar-refractivity contribution in [1.29, 1.82) is 0 Å². The second-order valence-electron chi connectivity index (χ2n) is 4.31. The Morgan fingerprint density at radius 2 is 2.19 bits per heavy atom. The maximum Gasteiger partial charge on any atom is 0.134 e. The van der Waals surface area contributed by atoms with Crippen molar-refractivity contribution in [2.75, 3.05) is 0 Å². The number of fused-ring (bicyclic) bond motifs is 1. The maximum atomic E-state index is 13.0. The Balaban J connectivity index is 2.03. The standard InChI is InChI=1S/C12H13FN2O/c13-9-3-4-10-8(5-9)6-11(16-10)12(15-14)7-1-2-7/h3-7,12,15H,1-2,14H2. The largest absolute Gasteiger partial charge is 0.459 e. The van der Waals surface area contributed by atoms with Gasteiger partial charge in [0.1, 0.15) is 17.2 Å². The van der Waals surface area contributed by atoms with Crippen molar-refractivity contribution in [2.24, 2.45) is 11.8 Å². The van der Waals surface area contributed by atoms with Crippen LogP contribution in [0.2, 0.25) is 0 Å². The molecule has 1 heterocycles. The third-order valence-electron chi connectivity index (χ3n) is 3.08. The number of halogens is 1. The summed E-state index contributed by atoms with van der Waals surface area (Å²) < 4.78 is 18.7. The van der Waals surface area contributed by atoms with Gasteiger partial charge in [0.25, 0.3) is 0 Å². The van der Waals surface area contributed by atoms with Crippen LogP contribution in [0.1, 0.15) is 24.6 Å². The van der Waals surface area contributed by atoms with E-state index < -0.39 is 0 Å². The lowest BCUT2D eigenvalue weighted by atomic mass is 10.1. The van der Waals surface area contributed by atoms with Crippen LogP contribution in [0.3, 0.4) is 0 Å². The van der Waals surface area contributed by atoms with Crippen molar-refractivity contribution >= 4 is 11.0 Å². The van der Waals surface area contributed by atoms with Crippen molar-refractivity contribution in [1.82, 2.24) is 5.43 Å². The van der Waals surface area contributed by atoms with E-state index in [0.29, 0.717) is 11.5 Å². The molecule has 1 fully saturated rings. The van der Waals surface area contributed by atoms with Gasteiger partial charge in [-0.25, -0.2) is 9.82 Å². The monoisotopic (exact) mass is 220 g/mol. The van der Waals surface area contributed by atoms with Gasteiger partial charge < -0.3 is 4.42 Å². The molecule has 84 valence electrons. The van der Waals surface area contributed by atoms with Crippen molar-refractivity contribution in [2.45, 2.75) is 18.9 Å². The average Bonchev–Trinajstić information content (AvgIpc) is 2.99. The van der Waals surface area contributed by atoms with E-state index in [1.165, 1.54) is 25.0 Å². The molecule has 0 spiro atoms. The first kappa shape index (κ1) is 9.81. The SMILES string of the molecule is NNC(c1cc2cc(F)ccc2o1)C1CC1. The fourth-order valence-electron chi connectivity index (χ4n) is 2.07. The Labute approximate surface area is 92.4 Å². The molecule has 0 amide bonds. The predicted molar refractivity (Wildman–Crippen MR) is 59.0 cm³/mol. The Kier molecular flexibility index (Phi) is 2.19. The predicted octanol–water partition coefficient (Wildman–Crippen LogP) is 2.49. The summed E-state index contributed by atoms with van der Waals surface area (Å²) in [6, 6.07) is 6.44. The molecule has 1 aliphatic rings. The molecule has 1 saturated carbocycles. The van der Waals surface area contributed by atoms with Crippen molar-refractivity contribution in [3.05, 3.63) is 35.8 Å². The molecule has 16 heavy (non-hydrogen) atoms. The van der Waals surface area contributed by atoms with Crippen molar-refractivity contribution in [3.8, 4) is 0 Å². The summed E-state index contributed by atoms with van der Waals surface area (Å²) in [7, 11) is 0. The molecule has 1 unspecified atom stereocenters. The summed E-state index contributed by atoms with van der Waals surface area (Å²) in [6.45, 7) is 0. The highest BCUT2D eigenvalue weighted by Gasteiger charge is 2.33. The molecule has 1 aromatic heterocycles. The number of benzene rings is 1. The summed E-state index contributed by atoms with van der Waals surface area (Å²) in [5.74, 6) is 6.61. The Morgan fingerprint density at radius 1 is 1.38 bits per heavy atom. The number of hydrogen-bond acceptors (Lipinski definition) is 3. The zero-order valence-corrected chi connectivity index (χ0v) is 8.74. The Hall–Kier alpha value is -1.39. The third-order valence-corrected chi connectivity index (χ3v) is 3.08. The topological polar surface area (TPSA) is 51.2 Å². The molecule has 3 N–H and O–H groups in total. The van der Waals surface area contributed by atoms with E-state index in [-0.39, 0.29) is 11.9 Å². The second kappa shape index (κ2) is 3.57. The van der Waals surface area contributed by atoms with E-state index in [4.69, 9.17) is 10.3 Å². The molecule has 0 radical (unpaired) electrons. The molecule has 0 saturated heterocycles. The van der Waals surface area contributed by atoms with Crippen molar-refractivity contribution in [3.63, 3.8) is 0 Å². The molecule has 1 atom stereocenters. The third kappa shape index (κ3) is 1.60. The summed E-state index contributed by atoms with van der Waals surface area (Å²) >= 11 is 0. The number of hydrazine groups is 1. The summed E-state index contributed by atoms with van der Waals surface area (Å²) in [6.07, 6.45) is 2.33. The summed E-state index contributed by atoms with van der Waals surface area (Å²) in [5.41, 5.74) is 3.47. The van der Waals surface area contributed by atoms with Crippen LogP contribution in [0.4, 0.5) is 4.39 Å². The first-order valence-corrected chi connectivity index (χ1v) is 5.43. The number of hydrogen-bond donors (Lipinski definition) is 2. The van der Waals surface area contributed by atoms with Gasteiger partial charge in [0.2, 0.25) is 0 Å². The van der Waals surface area contributed by atoms with E-state index in [2.05, 4.69) is 5.43 Å². The maximum absolute atomic E-state index is 13.0. The fourth-order valence-corrected chi connectivity index (χ4v) is 2.07. The average molecular weight is 220 g/mol. The summed E-state index contributed by atoms with van der Waals surface area (Å²) in [4.78, 5) is 0. The molecule has 3 rings (SSSR count). The van der Waals surface area contributed by atoms with Gasteiger partial charge in [-0.2, -0.15) is 0 Å². The lowest BCUT2D eigenvalue weighted by Gasteiger charge is -2.10. The molecule has 3 nitrogen and oxygen atoms in total. The van der Waals surface area contributed by atoms with Gasteiger partial charge in [0, 0.05) is 5.39 Å². The molecule has 4 heteroatoms.